The van der Waals surface area contributed by atoms with Crippen LogP contribution < -0.4 is 5.32 Å². The quantitative estimate of drug-likeness (QED) is 0.774. The Hall–Kier alpha value is -2.72. The highest BCUT2D eigenvalue weighted by atomic mass is 16.3. The van der Waals surface area contributed by atoms with Gasteiger partial charge in [-0.05, 0) is 17.7 Å². The third-order valence-corrected chi connectivity index (χ3v) is 3.22. The molecule has 3 aromatic rings. The molecular weight excluding hydrogens is 264 g/mol. The van der Waals surface area contributed by atoms with Gasteiger partial charge in [0.2, 0.25) is 0 Å². The number of carbonyl (C=O) groups is 1. The van der Waals surface area contributed by atoms with Gasteiger partial charge in [-0.15, -0.1) is 0 Å². The number of aromatic nitrogens is 1. The van der Waals surface area contributed by atoms with Crippen molar-refractivity contribution >= 4 is 22.5 Å². The number of pyridine rings is 1. The largest absolute Gasteiger partial charge is 0.378 e. The summed E-state index contributed by atoms with van der Waals surface area (Å²) in [5, 5.41) is 13.6. The van der Waals surface area contributed by atoms with Crippen molar-refractivity contribution in [3.8, 4) is 0 Å². The van der Waals surface area contributed by atoms with Crippen LogP contribution >= 0.6 is 0 Å². The first-order chi connectivity index (χ1) is 10.2. The fraction of sp³-hybridized carbons (Fsp3) is 0.0588. The van der Waals surface area contributed by atoms with Gasteiger partial charge in [0.15, 0.2) is 6.10 Å². The molecule has 0 aliphatic heterocycles. The molecule has 0 radical (unpaired) electrons. The van der Waals surface area contributed by atoms with Crippen molar-refractivity contribution in [3.05, 3.63) is 72.4 Å². The SMILES string of the molecule is O=C(Nc1cnc2ccccc2c1)C(O)c1ccccc1. The van der Waals surface area contributed by atoms with Crippen LogP contribution in [0.1, 0.15) is 11.7 Å². The van der Waals surface area contributed by atoms with Crippen molar-refractivity contribution in [1.82, 2.24) is 4.98 Å². The molecule has 1 unspecified atom stereocenters. The maximum atomic E-state index is 12.1. The Morgan fingerprint density at radius 3 is 2.57 bits per heavy atom. The first kappa shape index (κ1) is 13.3. The highest BCUT2D eigenvalue weighted by Gasteiger charge is 2.17. The average Bonchev–Trinajstić information content (AvgIpc) is 2.55. The number of amides is 1. The summed E-state index contributed by atoms with van der Waals surface area (Å²) in [6.07, 6.45) is 0.385. The minimum Gasteiger partial charge on any atom is -0.378 e. The number of hydrogen-bond acceptors (Lipinski definition) is 3. The molecule has 2 N–H and O–H groups in total. The van der Waals surface area contributed by atoms with Crippen LogP contribution in [0.25, 0.3) is 10.9 Å². The molecule has 1 atom stereocenters. The van der Waals surface area contributed by atoms with Crippen LogP contribution in [-0.4, -0.2) is 16.0 Å². The number of fused-ring (bicyclic) bond motifs is 1. The highest BCUT2D eigenvalue weighted by Crippen LogP contribution is 2.18. The topological polar surface area (TPSA) is 62.2 Å². The van der Waals surface area contributed by atoms with Gasteiger partial charge in [0, 0.05) is 5.39 Å². The van der Waals surface area contributed by atoms with E-state index in [0.29, 0.717) is 11.3 Å². The zero-order valence-electron chi connectivity index (χ0n) is 11.2. The standard InChI is InChI=1S/C17H14N2O2/c20-16(12-6-2-1-3-7-12)17(21)19-14-10-13-8-4-5-9-15(13)18-11-14/h1-11,16,20H,(H,19,21). The number of para-hydroxylation sites is 1. The molecule has 104 valence electrons. The molecule has 0 aliphatic rings. The third-order valence-electron chi connectivity index (χ3n) is 3.22. The van der Waals surface area contributed by atoms with E-state index >= 15 is 0 Å². The van der Waals surface area contributed by atoms with Gasteiger partial charge in [-0.1, -0.05) is 48.5 Å². The summed E-state index contributed by atoms with van der Waals surface area (Å²) in [7, 11) is 0. The van der Waals surface area contributed by atoms with Gasteiger partial charge in [-0.3, -0.25) is 9.78 Å². The fourth-order valence-corrected chi connectivity index (χ4v) is 2.14. The van der Waals surface area contributed by atoms with E-state index in [2.05, 4.69) is 10.3 Å². The fourth-order valence-electron chi connectivity index (χ4n) is 2.14. The van der Waals surface area contributed by atoms with E-state index in [0.717, 1.165) is 10.9 Å². The molecule has 0 saturated heterocycles. The van der Waals surface area contributed by atoms with Gasteiger partial charge in [0.25, 0.3) is 5.91 Å². The van der Waals surface area contributed by atoms with Gasteiger partial charge >= 0.3 is 0 Å². The molecule has 1 aromatic heterocycles. The van der Waals surface area contributed by atoms with Gasteiger partial charge in [-0.2, -0.15) is 0 Å². The molecule has 1 amide bonds. The second-order valence-electron chi connectivity index (χ2n) is 4.72. The van der Waals surface area contributed by atoms with Gasteiger partial charge in [0.1, 0.15) is 0 Å². The zero-order valence-corrected chi connectivity index (χ0v) is 11.2. The first-order valence-corrected chi connectivity index (χ1v) is 6.63. The number of aliphatic hydroxyl groups is 1. The molecule has 0 bridgehead atoms. The Kier molecular flexibility index (Phi) is 3.62. The number of nitrogens with zero attached hydrogens (tertiary/aromatic N) is 1. The summed E-state index contributed by atoms with van der Waals surface area (Å²) in [6.45, 7) is 0. The number of aliphatic hydroxyl groups excluding tert-OH is 1. The van der Waals surface area contributed by atoms with Gasteiger partial charge in [-0.25, -0.2) is 0 Å². The Balaban J connectivity index is 1.80. The lowest BCUT2D eigenvalue weighted by molar-refractivity contribution is -0.124. The summed E-state index contributed by atoms with van der Waals surface area (Å²) in [5.41, 5.74) is 1.98. The third kappa shape index (κ3) is 2.90. The Morgan fingerprint density at radius 2 is 1.76 bits per heavy atom. The number of nitrogens with one attached hydrogen (secondary N) is 1. The number of rotatable bonds is 3. The minimum atomic E-state index is -1.20. The Morgan fingerprint density at radius 1 is 1.05 bits per heavy atom. The Bertz CT molecular complexity index is 772. The van der Waals surface area contributed by atoms with Crippen LogP contribution in [0.2, 0.25) is 0 Å². The molecule has 0 spiro atoms. The predicted octanol–water partition coefficient (Wildman–Crippen LogP) is 2.91. The minimum absolute atomic E-state index is 0.474. The van der Waals surface area contributed by atoms with E-state index in [-0.39, 0.29) is 0 Å². The second kappa shape index (κ2) is 5.73. The predicted molar refractivity (Wildman–Crippen MR) is 81.8 cm³/mol. The molecule has 0 aliphatic carbocycles. The summed E-state index contributed by atoms with van der Waals surface area (Å²) >= 11 is 0. The maximum absolute atomic E-state index is 12.1. The smallest absolute Gasteiger partial charge is 0.257 e. The average molecular weight is 278 g/mol. The summed E-state index contributed by atoms with van der Waals surface area (Å²) < 4.78 is 0. The van der Waals surface area contributed by atoms with Crippen LogP contribution in [0.4, 0.5) is 5.69 Å². The summed E-state index contributed by atoms with van der Waals surface area (Å²) in [4.78, 5) is 16.3. The van der Waals surface area contributed by atoms with E-state index < -0.39 is 12.0 Å². The first-order valence-electron chi connectivity index (χ1n) is 6.63. The van der Waals surface area contributed by atoms with Crippen LogP contribution in [0.5, 0.6) is 0 Å². The molecule has 21 heavy (non-hydrogen) atoms. The number of anilines is 1. The molecule has 2 aromatic carbocycles. The Labute approximate surface area is 122 Å². The molecule has 3 rings (SSSR count). The molecular formula is C17H14N2O2. The second-order valence-corrected chi connectivity index (χ2v) is 4.72. The highest BCUT2D eigenvalue weighted by molar-refractivity contribution is 5.96. The summed E-state index contributed by atoms with van der Waals surface area (Å²) in [5.74, 6) is -0.474. The molecule has 0 fully saturated rings. The van der Waals surface area contributed by atoms with Crippen LogP contribution in [0.3, 0.4) is 0 Å². The number of carbonyl (C=O) groups excluding carboxylic acids is 1. The van der Waals surface area contributed by atoms with Gasteiger partial charge < -0.3 is 10.4 Å². The van der Waals surface area contributed by atoms with Crippen molar-refractivity contribution < 1.29 is 9.90 Å². The maximum Gasteiger partial charge on any atom is 0.257 e. The lowest BCUT2D eigenvalue weighted by Crippen LogP contribution is -2.20. The normalized spacial score (nSPS) is 12.0. The van der Waals surface area contributed by atoms with E-state index in [1.165, 1.54) is 0 Å². The van der Waals surface area contributed by atoms with Gasteiger partial charge in [0.05, 0.1) is 17.4 Å². The zero-order chi connectivity index (χ0) is 14.7. The molecule has 4 nitrogen and oxygen atoms in total. The van der Waals surface area contributed by atoms with E-state index in [1.807, 2.05) is 36.4 Å². The lowest BCUT2D eigenvalue weighted by atomic mass is 10.1. The van der Waals surface area contributed by atoms with Crippen molar-refractivity contribution in [2.75, 3.05) is 5.32 Å². The van der Waals surface area contributed by atoms with Crippen molar-refractivity contribution in [3.63, 3.8) is 0 Å². The molecule has 4 heteroatoms. The summed E-state index contributed by atoms with van der Waals surface area (Å²) in [6, 6.07) is 18.3. The van der Waals surface area contributed by atoms with Crippen LogP contribution in [0.15, 0.2) is 66.9 Å². The van der Waals surface area contributed by atoms with Crippen LogP contribution in [0, 0.1) is 0 Å². The molecule has 1 heterocycles. The van der Waals surface area contributed by atoms with Crippen molar-refractivity contribution in [1.29, 1.82) is 0 Å². The molecule has 0 saturated carbocycles. The monoisotopic (exact) mass is 278 g/mol. The number of benzene rings is 2. The van der Waals surface area contributed by atoms with Crippen LogP contribution in [-0.2, 0) is 4.79 Å². The van der Waals surface area contributed by atoms with E-state index in [9.17, 15) is 9.90 Å². The lowest BCUT2D eigenvalue weighted by Gasteiger charge is -2.11. The van der Waals surface area contributed by atoms with E-state index in [1.54, 1.807) is 30.5 Å². The number of hydrogen-bond donors (Lipinski definition) is 2. The van der Waals surface area contributed by atoms with E-state index in [4.69, 9.17) is 0 Å². The van der Waals surface area contributed by atoms with Crippen molar-refractivity contribution in [2.45, 2.75) is 6.10 Å². The van der Waals surface area contributed by atoms with Crippen molar-refractivity contribution in [2.24, 2.45) is 0 Å².